The number of carbonyl (C=O) groups is 2. The third-order valence-electron chi connectivity index (χ3n) is 4.70. The van der Waals surface area contributed by atoms with E-state index in [2.05, 4.69) is 24.3 Å². The van der Waals surface area contributed by atoms with E-state index in [9.17, 15) is 9.59 Å². The summed E-state index contributed by atoms with van der Waals surface area (Å²) in [5.41, 5.74) is -0.341. The molecule has 2 amide bonds. The van der Waals surface area contributed by atoms with E-state index in [0.717, 1.165) is 15.9 Å². The summed E-state index contributed by atoms with van der Waals surface area (Å²) in [6.07, 6.45) is 0. The highest BCUT2D eigenvalue weighted by molar-refractivity contribution is 14.1. The molecule has 3 aromatic carbocycles. The monoisotopic (exact) mass is 549 g/mol. The number of amides is 2. The Morgan fingerprint density at radius 2 is 1.10 bits per heavy atom. The summed E-state index contributed by atoms with van der Waals surface area (Å²) < 4.78 is 1.34. The Morgan fingerprint density at radius 3 is 1.55 bits per heavy atom. The number of hydrogen-bond donors (Lipinski definition) is 0. The van der Waals surface area contributed by atoms with Crippen molar-refractivity contribution in [2.75, 3.05) is 0 Å². The summed E-state index contributed by atoms with van der Waals surface area (Å²) in [6.45, 7) is 0. The number of halogens is 1. The van der Waals surface area contributed by atoms with Crippen LogP contribution in [0.1, 0.15) is 0 Å². The molecule has 4 atom stereocenters. The van der Waals surface area contributed by atoms with Gasteiger partial charge < -0.3 is 0 Å². The Balaban J connectivity index is 1.80. The summed E-state index contributed by atoms with van der Waals surface area (Å²) in [7, 11) is 0.744. The van der Waals surface area contributed by atoms with Gasteiger partial charge in [-0.25, -0.2) is 3.11 Å². The van der Waals surface area contributed by atoms with Crippen molar-refractivity contribution >= 4 is 76.3 Å². The van der Waals surface area contributed by atoms with Gasteiger partial charge in [0.15, 0.2) is 0 Å². The van der Waals surface area contributed by atoms with E-state index in [-0.39, 0.29) is 43.2 Å². The predicted molar refractivity (Wildman–Crippen MR) is 136 cm³/mol. The number of imide groups is 1. The second-order valence-electron chi connectivity index (χ2n) is 6.66. The summed E-state index contributed by atoms with van der Waals surface area (Å²) in [5, 5.41) is 3.35. The van der Waals surface area contributed by atoms with E-state index in [0.29, 0.717) is 0 Å². The van der Waals surface area contributed by atoms with Gasteiger partial charge in [-0.3, -0.25) is 9.59 Å². The highest BCUT2D eigenvalue weighted by Crippen LogP contribution is 2.58. The van der Waals surface area contributed by atoms with Gasteiger partial charge in [0, 0.05) is 0 Å². The summed E-state index contributed by atoms with van der Waals surface area (Å²) in [6, 6.07) is 30.3. The van der Waals surface area contributed by atoms with Crippen LogP contribution in [0.15, 0.2) is 91.0 Å². The maximum absolute atomic E-state index is 13.6. The van der Waals surface area contributed by atoms with Crippen molar-refractivity contribution in [1.29, 1.82) is 0 Å². The number of rotatable bonds is 6. The lowest BCUT2D eigenvalue weighted by molar-refractivity contribution is -0.130. The molecule has 3 aromatic rings. The van der Waals surface area contributed by atoms with Crippen LogP contribution in [0.4, 0.5) is 0 Å². The van der Waals surface area contributed by atoms with Crippen LogP contribution >= 0.6 is 48.6 Å². The van der Waals surface area contributed by atoms with Crippen LogP contribution in [0.5, 0.6) is 0 Å². The molecule has 0 aliphatic carbocycles. The zero-order chi connectivity index (χ0) is 20.3. The molecule has 0 bridgehead atoms. The van der Waals surface area contributed by atoms with Crippen LogP contribution in [0.3, 0.4) is 0 Å². The molecule has 0 aromatic heterocycles. The minimum Gasteiger partial charge on any atom is -0.273 e. The zero-order valence-corrected chi connectivity index (χ0v) is 20.5. The average molecular weight is 549 g/mol. The van der Waals surface area contributed by atoms with E-state index < -0.39 is 4.90 Å². The van der Waals surface area contributed by atoms with Crippen LogP contribution in [-0.2, 0) is 9.59 Å². The third kappa shape index (κ3) is 4.47. The molecule has 3 nitrogen and oxygen atoms in total. The normalized spacial score (nSPS) is 22.8. The van der Waals surface area contributed by atoms with Gasteiger partial charge in [-0.05, 0) is 15.9 Å². The molecule has 0 N–H and O–H groups in total. The SMILES string of the molecule is O=C1C(Pc2ccccc2)C(Pc2ccccc2)(Pc2ccccc2)C(=O)N1I. The van der Waals surface area contributed by atoms with Crippen molar-refractivity contribution in [3.8, 4) is 0 Å². The molecule has 7 heteroatoms. The largest absolute Gasteiger partial charge is 0.273 e. The average Bonchev–Trinajstić information content (AvgIpc) is 2.92. The van der Waals surface area contributed by atoms with E-state index in [4.69, 9.17) is 0 Å². The molecule has 1 saturated heterocycles. The van der Waals surface area contributed by atoms with Gasteiger partial charge in [0.1, 0.15) is 4.90 Å². The third-order valence-corrected chi connectivity index (χ3v) is 11.6. The molecule has 29 heavy (non-hydrogen) atoms. The number of nitrogens with zero attached hydrogens (tertiary/aromatic N) is 1. The number of carbonyl (C=O) groups excluding carboxylic acids is 2. The first-order chi connectivity index (χ1) is 14.1. The Labute approximate surface area is 189 Å². The number of hydrogen-bond acceptors (Lipinski definition) is 2. The Morgan fingerprint density at radius 1 is 0.690 bits per heavy atom. The molecule has 0 radical (unpaired) electrons. The molecule has 1 heterocycles. The van der Waals surface area contributed by atoms with Gasteiger partial charge in [0.25, 0.3) is 5.91 Å². The van der Waals surface area contributed by atoms with Crippen LogP contribution in [0.25, 0.3) is 0 Å². The molecular formula is C22H19INO2P3. The lowest BCUT2D eigenvalue weighted by Gasteiger charge is -2.32. The topological polar surface area (TPSA) is 37.4 Å². The van der Waals surface area contributed by atoms with Crippen LogP contribution < -0.4 is 15.9 Å². The molecule has 0 spiro atoms. The van der Waals surface area contributed by atoms with Crippen LogP contribution in [-0.4, -0.2) is 25.5 Å². The van der Waals surface area contributed by atoms with Crippen molar-refractivity contribution in [2.24, 2.45) is 0 Å². The molecule has 4 rings (SSSR count). The van der Waals surface area contributed by atoms with Crippen molar-refractivity contribution in [1.82, 2.24) is 3.11 Å². The molecular weight excluding hydrogens is 530 g/mol. The lowest BCUT2D eigenvalue weighted by Crippen LogP contribution is -2.38. The maximum Gasteiger partial charge on any atom is 0.254 e. The highest BCUT2D eigenvalue weighted by atomic mass is 127. The standard InChI is InChI=1S/C22H19INO2P3/c23-24-20(25)19(27-16-10-4-1-5-11-16)22(21(24)26,28-17-12-6-2-7-13-17)29-18-14-8-3-9-15-18/h1-15,19,27-29H. The van der Waals surface area contributed by atoms with Gasteiger partial charge in [-0.15, -0.1) is 0 Å². The summed E-state index contributed by atoms with van der Waals surface area (Å²) in [5.74, 6) is -0.120. The van der Waals surface area contributed by atoms with Crippen molar-refractivity contribution in [3.63, 3.8) is 0 Å². The first-order valence-electron chi connectivity index (χ1n) is 9.12. The minimum atomic E-state index is -0.727. The fraction of sp³-hybridized carbons (Fsp3) is 0.0909. The minimum absolute atomic E-state index is 0.0547. The molecule has 0 saturated carbocycles. The van der Waals surface area contributed by atoms with E-state index in [1.54, 1.807) is 0 Å². The molecule has 4 unspecified atom stereocenters. The number of benzene rings is 3. The fourth-order valence-corrected chi connectivity index (χ4v) is 10.6. The van der Waals surface area contributed by atoms with E-state index in [1.807, 2.05) is 89.6 Å². The first-order valence-corrected chi connectivity index (χ1v) is 13.2. The van der Waals surface area contributed by atoms with E-state index in [1.165, 1.54) is 3.11 Å². The second-order valence-corrected chi connectivity index (χ2v) is 12.8. The molecule has 1 fully saturated rings. The highest BCUT2D eigenvalue weighted by Gasteiger charge is 2.59. The predicted octanol–water partition coefficient (Wildman–Crippen LogP) is 3.78. The lowest BCUT2D eigenvalue weighted by atomic mass is 10.3. The van der Waals surface area contributed by atoms with Crippen LogP contribution in [0.2, 0.25) is 0 Å². The van der Waals surface area contributed by atoms with Gasteiger partial charge in [0.05, 0.1) is 28.5 Å². The molecule has 146 valence electrons. The van der Waals surface area contributed by atoms with Gasteiger partial charge in [0.2, 0.25) is 5.91 Å². The van der Waals surface area contributed by atoms with Crippen molar-refractivity contribution < 1.29 is 9.59 Å². The Kier molecular flexibility index (Phi) is 6.76. The first kappa shape index (κ1) is 21.1. The van der Waals surface area contributed by atoms with Crippen molar-refractivity contribution in [2.45, 2.75) is 10.6 Å². The van der Waals surface area contributed by atoms with Gasteiger partial charge >= 0.3 is 0 Å². The molecule has 1 aliphatic rings. The smallest absolute Gasteiger partial charge is 0.254 e. The van der Waals surface area contributed by atoms with Crippen molar-refractivity contribution in [3.05, 3.63) is 91.0 Å². The van der Waals surface area contributed by atoms with Gasteiger partial charge in [-0.2, -0.15) is 0 Å². The Hall–Kier alpha value is -1.18. The van der Waals surface area contributed by atoms with Gasteiger partial charge in [-0.1, -0.05) is 117 Å². The zero-order valence-electron chi connectivity index (χ0n) is 15.4. The molecule has 1 aliphatic heterocycles. The maximum atomic E-state index is 13.6. The summed E-state index contributed by atoms with van der Waals surface area (Å²) >= 11 is 1.90. The quantitative estimate of drug-likeness (QED) is 0.203. The van der Waals surface area contributed by atoms with E-state index >= 15 is 0 Å². The fourth-order valence-electron chi connectivity index (χ4n) is 3.33. The summed E-state index contributed by atoms with van der Waals surface area (Å²) in [4.78, 5) is 26.1. The Bertz CT molecular complexity index is 961. The van der Waals surface area contributed by atoms with Crippen LogP contribution in [0, 0.1) is 0 Å². The second kappa shape index (κ2) is 9.31.